The lowest BCUT2D eigenvalue weighted by molar-refractivity contribution is -0.148. The van der Waals surface area contributed by atoms with Crippen LogP contribution in [0, 0.1) is 0 Å². The van der Waals surface area contributed by atoms with Crippen LogP contribution in [0.3, 0.4) is 0 Å². The van der Waals surface area contributed by atoms with Gasteiger partial charge < -0.3 is 24.4 Å². The molecule has 8 heteroatoms. The molecule has 2 amide bonds. The number of hydrogen-bond donors (Lipinski definition) is 1. The van der Waals surface area contributed by atoms with Gasteiger partial charge in [-0.15, -0.1) is 0 Å². The largest absolute Gasteiger partial charge is 0.456 e. The first-order valence-electron chi connectivity index (χ1n) is 16.7. The van der Waals surface area contributed by atoms with E-state index >= 15 is 0 Å². The molecule has 41 heavy (non-hydrogen) atoms. The summed E-state index contributed by atoms with van der Waals surface area (Å²) in [5.41, 5.74) is 0. The van der Waals surface area contributed by atoms with Crippen LogP contribution in [0.2, 0.25) is 0 Å². The van der Waals surface area contributed by atoms with Gasteiger partial charge in [0.15, 0.2) is 6.61 Å². The van der Waals surface area contributed by atoms with Crippen molar-refractivity contribution in [1.29, 1.82) is 0 Å². The second-order valence-corrected chi connectivity index (χ2v) is 12.0. The van der Waals surface area contributed by atoms with Crippen molar-refractivity contribution < 1.29 is 28.6 Å². The molecular formula is C33H62N2O6. The van der Waals surface area contributed by atoms with E-state index in [9.17, 15) is 14.4 Å². The van der Waals surface area contributed by atoms with Gasteiger partial charge in [-0.25, -0.2) is 0 Å². The van der Waals surface area contributed by atoms with Crippen molar-refractivity contribution >= 4 is 17.8 Å². The predicted molar refractivity (Wildman–Crippen MR) is 165 cm³/mol. The molecule has 0 saturated carbocycles. The normalized spacial score (nSPS) is 16.9. The van der Waals surface area contributed by atoms with Gasteiger partial charge in [0.05, 0.1) is 24.9 Å². The lowest BCUT2D eigenvalue weighted by atomic mass is 10.0. The van der Waals surface area contributed by atoms with Crippen molar-refractivity contribution in [3.63, 3.8) is 0 Å². The maximum Gasteiger partial charge on any atom is 0.306 e. The zero-order chi connectivity index (χ0) is 30.1. The number of esters is 1. The summed E-state index contributed by atoms with van der Waals surface area (Å²) >= 11 is 0. The van der Waals surface area contributed by atoms with Gasteiger partial charge in [0, 0.05) is 33.0 Å². The van der Waals surface area contributed by atoms with E-state index in [1.807, 2.05) is 18.7 Å². The van der Waals surface area contributed by atoms with Crippen molar-refractivity contribution in [2.45, 2.75) is 161 Å². The van der Waals surface area contributed by atoms with Crippen LogP contribution in [0.1, 0.15) is 143 Å². The van der Waals surface area contributed by atoms with Gasteiger partial charge in [-0.05, 0) is 39.5 Å². The summed E-state index contributed by atoms with van der Waals surface area (Å²) in [4.78, 5) is 38.6. The molecule has 0 unspecified atom stereocenters. The fourth-order valence-electron chi connectivity index (χ4n) is 5.32. The van der Waals surface area contributed by atoms with E-state index in [4.69, 9.17) is 14.2 Å². The van der Waals surface area contributed by atoms with E-state index < -0.39 is 0 Å². The second-order valence-electron chi connectivity index (χ2n) is 12.0. The Hall–Kier alpha value is -1.67. The summed E-state index contributed by atoms with van der Waals surface area (Å²) in [5, 5.41) is 2.80. The van der Waals surface area contributed by atoms with Crippen molar-refractivity contribution in [2.24, 2.45) is 0 Å². The minimum absolute atomic E-state index is 0.0680. The summed E-state index contributed by atoms with van der Waals surface area (Å²) in [7, 11) is 1.69. The summed E-state index contributed by atoms with van der Waals surface area (Å²) in [5.74, 6) is -0.423. The van der Waals surface area contributed by atoms with E-state index in [2.05, 4.69) is 12.2 Å². The number of rotatable bonds is 26. The first-order valence-corrected chi connectivity index (χ1v) is 16.7. The number of ether oxygens (including phenoxy) is 3. The highest BCUT2D eigenvalue weighted by atomic mass is 16.5. The molecule has 0 spiro atoms. The highest BCUT2D eigenvalue weighted by Crippen LogP contribution is 2.22. The van der Waals surface area contributed by atoms with Gasteiger partial charge in [0.1, 0.15) is 0 Å². The molecule has 0 aromatic rings. The number of likely N-dealkylation sites (tertiary alicyclic amines) is 1. The molecule has 0 radical (unpaired) electrons. The zero-order valence-electron chi connectivity index (χ0n) is 26.9. The molecule has 1 aliphatic rings. The number of unbranched alkanes of at least 4 members (excludes halogenated alkanes) is 14. The molecule has 0 bridgehead atoms. The molecule has 1 rings (SSSR count). The smallest absolute Gasteiger partial charge is 0.306 e. The Morgan fingerprint density at radius 2 is 1.37 bits per heavy atom. The number of nitrogens with one attached hydrogen (secondary N) is 1. The molecule has 1 N–H and O–H groups in total. The maximum atomic E-state index is 12.8. The Balaban J connectivity index is 1.96. The van der Waals surface area contributed by atoms with E-state index in [-0.39, 0.29) is 42.6 Å². The lowest BCUT2D eigenvalue weighted by Crippen LogP contribution is -2.39. The first-order chi connectivity index (χ1) is 19.9. The fourth-order valence-corrected chi connectivity index (χ4v) is 5.32. The van der Waals surface area contributed by atoms with Crippen LogP contribution < -0.4 is 5.32 Å². The van der Waals surface area contributed by atoms with Crippen molar-refractivity contribution in [2.75, 3.05) is 33.4 Å². The van der Waals surface area contributed by atoms with Crippen LogP contribution in [0.15, 0.2) is 0 Å². The minimum atomic E-state index is -0.295. The molecule has 1 saturated heterocycles. The lowest BCUT2D eigenvalue weighted by Gasteiger charge is -2.25. The molecule has 1 aliphatic heterocycles. The highest BCUT2D eigenvalue weighted by molar-refractivity contribution is 5.80. The van der Waals surface area contributed by atoms with Crippen LogP contribution in [-0.4, -0.2) is 74.3 Å². The fraction of sp³-hybridized carbons (Fsp3) is 0.909. The Labute approximate surface area is 251 Å². The van der Waals surface area contributed by atoms with Crippen LogP contribution in [-0.2, 0) is 28.6 Å². The van der Waals surface area contributed by atoms with E-state index in [1.165, 1.54) is 64.2 Å². The molecule has 1 heterocycles. The molecular weight excluding hydrogens is 520 g/mol. The number of methoxy groups -OCH3 is 1. The number of carbonyl (C=O) groups excluding carboxylic acids is 3. The molecule has 0 aliphatic carbocycles. The Kier molecular flexibility index (Phi) is 22.7. The monoisotopic (exact) mass is 582 g/mol. The molecule has 0 aromatic heterocycles. The standard InChI is InChI=1S/C33H62N2O6/c1-5-6-7-8-9-10-11-12-13-14-15-16-19-22-33(38)41-27-31(36)34-23-20-17-18-21-32(37)35-25-30(39-4)24-29(35)26-40-28(2)3/h28-30H,5-27H2,1-4H3,(H,34,36)/t29-,30+/m0/s1. The summed E-state index contributed by atoms with van der Waals surface area (Å²) in [6.07, 6.45) is 20.7. The van der Waals surface area contributed by atoms with Crippen LogP contribution >= 0.6 is 0 Å². The van der Waals surface area contributed by atoms with Crippen molar-refractivity contribution in [1.82, 2.24) is 10.2 Å². The van der Waals surface area contributed by atoms with Crippen LogP contribution in [0.5, 0.6) is 0 Å². The molecule has 240 valence electrons. The maximum absolute atomic E-state index is 12.8. The average Bonchev–Trinajstić information content (AvgIpc) is 3.38. The van der Waals surface area contributed by atoms with Crippen molar-refractivity contribution in [3.8, 4) is 0 Å². The van der Waals surface area contributed by atoms with E-state index in [0.717, 1.165) is 44.9 Å². The Morgan fingerprint density at radius 3 is 1.95 bits per heavy atom. The third-order valence-electron chi connectivity index (χ3n) is 7.89. The summed E-state index contributed by atoms with van der Waals surface area (Å²) < 4.78 is 16.3. The predicted octanol–water partition coefficient (Wildman–Crippen LogP) is 6.73. The highest BCUT2D eigenvalue weighted by Gasteiger charge is 2.35. The number of carbonyl (C=O) groups is 3. The first kappa shape index (κ1) is 37.4. The molecule has 2 atom stereocenters. The number of nitrogens with zero attached hydrogens (tertiary/aromatic N) is 1. The SMILES string of the molecule is CCCCCCCCCCCCCCCC(=O)OCC(=O)NCCCCCC(=O)N1C[C@H](OC)C[C@H]1COC(C)C. The van der Waals surface area contributed by atoms with Gasteiger partial charge in [-0.2, -0.15) is 0 Å². The molecule has 1 fully saturated rings. The number of hydrogen-bond acceptors (Lipinski definition) is 6. The van der Waals surface area contributed by atoms with Gasteiger partial charge in [-0.1, -0.05) is 90.4 Å². The third kappa shape index (κ3) is 20.0. The Morgan fingerprint density at radius 1 is 0.805 bits per heavy atom. The topological polar surface area (TPSA) is 94.2 Å². The van der Waals surface area contributed by atoms with Crippen LogP contribution in [0.4, 0.5) is 0 Å². The van der Waals surface area contributed by atoms with Gasteiger partial charge in [-0.3, -0.25) is 14.4 Å². The van der Waals surface area contributed by atoms with Gasteiger partial charge in [0.25, 0.3) is 5.91 Å². The Bertz CT molecular complexity index is 687. The number of amides is 2. The van der Waals surface area contributed by atoms with Crippen molar-refractivity contribution in [3.05, 3.63) is 0 Å². The molecule has 8 nitrogen and oxygen atoms in total. The second kappa shape index (κ2) is 24.9. The summed E-state index contributed by atoms with van der Waals surface area (Å²) in [6.45, 7) is 7.72. The quantitative estimate of drug-likeness (QED) is 0.0898. The zero-order valence-corrected chi connectivity index (χ0v) is 26.9. The minimum Gasteiger partial charge on any atom is -0.456 e. The van der Waals surface area contributed by atoms with Gasteiger partial charge >= 0.3 is 5.97 Å². The molecule has 0 aromatic carbocycles. The van der Waals surface area contributed by atoms with E-state index in [0.29, 0.717) is 32.5 Å². The third-order valence-corrected chi connectivity index (χ3v) is 7.89. The van der Waals surface area contributed by atoms with E-state index in [1.54, 1.807) is 7.11 Å². The van der Waals surface area contributed by atoms with Gasteiger partial charge in [0.2, 0.25) is 5.91 Å². The summed E-state index contributed by atoms with van der Waals surface area (Å²) in [6, 6.07) is 0.0707. The average molecular weight is 583 g/mol. The van der Waals surface area contributed by atoms with Crippen LogP contribution in [0.25, 0.3) is 0 Å².